The third-order valence-electron chi connectivity index (χ3n) is 4.85. The summed E-state index contributed by atoms with van der Waals surface area (Å²) < 4.78 is 39.0. The van der Waals surface area contributed by atoms with Crippen molar-refractivity contribution in [3.8, 4) is 11.5 Å². The Morgan fingerprint density at radius 1 is 0.939 bits per heavy atom. The van der Waals surface area contributed by atoms with Crippen molar-refractivity contribution in [3.63, 3.8) is 0 Å². The van der Waals surface area contributed by atoms with Gasteiger partial charge >= 0.3 is 0 Å². The van der Waals surface area contributed by atoms with E-state index in [1.807, 2.05) is 39.0 Å². The van der Waals surface area contributed by atoms with Gasteiger partial charge in [0.1, 0.15) is 11.5 Å². The van der Waals surface area contributed by atoms with Gasteiger partial charge in [-0.1, -0.05) is 17.7 Å². The van der Waals surface area contributed by atoms with Gasteiger partial charge in [0.25, 0.3) is 15.9 Å². The van der Waals surface area contributed by atoms with Gasteiger partial charge in [-0.05, 0) is 87.9 Å². The van der Waals surface area contributed by atoms with E-state index in [4.69, 9.17) is 9.47 Å². The number of ether oxygens (including phenoxy) is 2. The maximum absolute atomic E-state index is 12.7. The number of anilines is 2. The fraction of sp³-hybridized carbons (Fsp3) is 0.240. The van der Waals surface area contributed by atoms with Gasteiger partial charge in [-0.25, -0.2) is 8.42 Å². The largest absolute Gasteiger partial charge is 0.494 e. The maximum atomic E-state index is 12.7. The Bertz CT molecular complexity index is 1210. The van der Waals surface area contributed by atoms with Crippen LogP contribution in [0.5, 0.6) is 11.5 Å². The molecule has 0 unspecified atom stereocenters. The predicted octanol–water partition coefficient (Wildman–Crippen LogP) is 4.91. The lowest BCUT2D eigenvalue weighted by atomic mass is 10.1. The molecule has 7 nitrogen and oxygen atoms in total. The molecule has 0 saturated carbocycles. The highest BCUT2D eigenvalue weighted by molar-refractivity contribution is 7.92. The third-order valence-corrected chi connectivity index (χ3v) is 6.25. The molecule has 3 rings (SSSR count). The molecule has 0 bridgehead atoms. The van der Waals surface area contributed by atoms with Crippen molar-refractivity contribution in [3.05, 3.63) is 77.9 Å². The first kappa shape index (κ1) is 24.1. The molecule has 0 aliphatic heterocycles. The average molecular weight is 469 g/mol. The summed E-state index contributed by atoms with van der Waals surface area (Å²) in [6.07, 6.45) is -0.726. The number of hydrogen-bond donors (Lipinski definition) is 2. The van der Waals surface area contributed by atoms with Crippen molar-refractivity contribution in [2.24, 2.45) is 0 Å². The van der Waals surface area contributed by atoms with Crippen LogP contribution in [0.25, 0.3) is 0 Å². The van der Waals surface area contributed by atoms with E-state index in [9.17, 15) is 13.2 Å². The molecule has 33 heavy (non-hydrogen) atoms. The Balaban J connectivity index is 1.62. The van der Waals surface area contributed by atoms with Gasteiger partial charge in [0.2, 0.25) is 0 Å². The van der Waals surface area contributed by atoms with Gasteiger partial charge in [0, 0.05) is 11.4 Å². The molecule has 3 aromatic rings. The Hall–Kier alpha value is -3.52. The first-order chi connectivity index (χ1) is 15.7. The summed E-state index contributed by atoms with van der Waals surface area (Å²) in [4.78, 5) is 12.6. The normalized spacial score (nSPS) is 12.0. The Kier molecular flexibility index (Phi) is 7.60. The second kappa shape index (κ2) is 10.4. The lowest BCUT2D eigenvalue weighted by Crippen LogP contribution is -2.30. The SMILES string of the molecule is CCOc1ccc(NS(=O)(=O)c2ccc(NC(=O)[C@@H](C)Oc3ccc(C)cc3C)cc2)cc1. The van der Waals surface area contributed by atoms with Gasteiger partial charge < -0.3 is 14.8 Å². The number of sulfonamides is 1. The van der Waals surface area contributed by atoms with Gasteiger partial charge in [-0.15, -0.1) is 0 Å². The summed E-state index contributed by atoms with van der Waals surface area (Å²) in [5.74, 6) is 0.972. The summed E-state index contributed by atoms with van der Waals surface area (Å²) >= 11 is 0. The molecule has 0 aliphatic carbocycles. The van der Waals surface area contributed by atoms with Crippen LogP contribution in [-0.2, 0) is 14.8 Å². The lowest BCUT2D eigenvalue weighted by molar-refractivity contribution is -0.122. The highest BCUT2D eigenvalue weighted by atomic mass is 32.2. The predicted molar refractivity (Wildman–Crippen MR) is 129 cm³/mol. The molecule has 3 aromatic carbocycles. The smallest absolute Gasteiger partial charge is 0.265 e. The number of benzene rings is 3. The minimum absolute atomic E-state index is 0.0777. The minimum atomic E-state index is -3.78. The fourth-order valence-electron chi connectivity index (χ4n) is 3.14. The quantitative estimate of drug-likeness (QED) is 0.465. The van der Waals surface area contributed by atoms with Crippen LogP contribution < -0.4 is 19.5 Å². The van der Waals surface area contributed by atoms with Gasteiger partial charge in [0.15, 0.2) is 6.10 Å². The first-order valence-corrected chi connectivity index (χ1v) is 12.1. The van der Waals surface area contributed by atoms with E-state index in [1.54, 1.807) is 31.2 Å². The van der Waals surface area contributed by atoms with Crippen LogP contribution in [0.4, 0.5) is 11.4 Å². The van der Waals surface area contributed by atoms with Crippen molar-refractivity contribution in [1.29, 1.82) is 0 Å². The molecule has 1 amide bonds. The van der Waals surface area contributed by atoms with Gasteiger partial charge in [0.05, 0.1) is 11.5 Å². The van der Waals surface area contributed by atoms with E-state index in [2.05, 4.69) is 10.0 Å². The Morgan fingerprint density at radius 3 is 2.18 bits per heavy atom. The molecule has 8 heteroatoms. The number of carbonyl (C=O) groups excluding carboxylic acids is 1. The number of hydrogen-bond acceptors (Lipinski definition) is 5. The molecular formula is C25H28N2O5S. The number of amides is 1. The number of rotatable bonds is 9. The van der Waals surface area contributed by atoms with Crippen molar-refractivity contribution >= 4 is 27.3 Å². The Morgan fingerprint density at radius 2 is 1.58 bits per heavy atom. The van der Waals surface area contributed by atoms with Crippen LogP contribution in [0.2, 0.25) is 0 Å². The highest BCUT2D eigenvalue weighted by Crippen LogP contribution is 2.22. The maximum Gasteiger partial charge on any atom is 0.265 e. The van der Waals surface area contributed by atoms with Crippen LogP contribution in [0.3, 0.4) is 0 Å². The highest BCUT2D eigenvalue weighted by Gasteiger charge is 2.18. The van der Waals surface area contributed by atoms with Crippen LogP contribution in [0.1, 0.15) is 25.0 Å². The number of carbonyl (C=O) groups is 1. The molecule has 0 aromatic heterocycles. The standard InChI is InChI=1S/C25H28N2O5S/c1-5-31-22-11-7-21(8-12-22)27-33(29,30)23-13-9-20(10-14-23)26-25(28)19(4)32-24-15-6-17(2)16-18(24)3/h6-16,19,27H,5H2,1-4H3,(H,26,28)/t19-/m1/s1. The lowest BCUT2D eigenvalue weighted by Gasteiger charge is -2.17. The van der Waals surface area contributed by atoms with Crippen molar-refractivity contribution in [1.82, 2.24) is 0 Å². The second-order valence-electron chi connectivity index (χ2n) is 7.61. The van der Waals surface area contributed by atoms with E-state index in [0.717, 1.165) is 11.1 Å². The van der Waals surface area contributed by atoms with Crippen LogP contribution in [-0.4, -0.2) is 27.0 Å². The Labute approximate surface area is 194 Å². The summed E-state index contributed by atoms with van der Waals surface area (Å²) in [5, 5.41) is 2.75. The molecule has 0 saturated heterocycles. The molecule has 0 radical (unpaired) electrons. The van der Waals surface area contributed by atoms with Gasteiger partial charge in [-0.2, -0.15) is 0 Å². The van der Waals surface area contributed by atoms with Crippen molar-refractivity contribution in [2.75, 3.05) is 16.6 Å². The van der Waals surface area contributed by atoms with E-state index in [-0.39, 0.29) is 10.8 Å². The zero-order chi connectivity index (χ0) is 24.0. The zero-order valence-electron chi connectivity index (χ0n) is 19.1. The molecule has 0 spiro atoms. The number of nitrogens with one attached hydrogen (secondary N) is 2. The molecule has 1 atom stereocenters. The summed E-state index contributed by atoms with van der Waals surface area (Å²) in [6, 6.07) is 18.3. The molecule has 174 valence electrons. The van der Waals surface area contributed by atoms with E-state index in [1.165, 1.54) is 24.3 Å². The molecule has 0 aliphatic rings. The topological polar surface area (TPSA) is 93.7 Å². The van der Waals surface area contributed by atoms with E-state index >= 15 is 0 Å². The first-order valence-electron chi connectivity index (χ1n) is 10.6. The minimum Gasteiger partial charge on any atom is -0.494 e. The second-order valence-corrected chi connectivity index (χ2v) is 9.29. The third kappa shape index (κ3) is 6.49. The van der Waals surface area contributed by atoms with Crippen molar-refractivity contribution < 1.29 is 22.7 Å². The van der Waals surface area contributed by atoms with Crippen LogP contribution in [0, 0.1) is 13.8 Å². The summed E-state index contributed by atoms with van der Waals surface area (Å²) in [6.45, 7) is 7.98. The number of aryl methyl sites for hydroxylation is 2. The fourth-order valence-corrected chi connectivity index (χ4v) is 4.20. The summed E-state index contributed by atoms with van der Waals surface area (Å²) in [7, 11) is -3.78. The molecule has 0 fully saturated rings. The molecule has 0 heterocycles. The van der Waals surface area contributed by atoms with Crippen LogP contribution >= 0.6 is 0 Å². The van der Waals surface area contributed by atoms with E-state index < -0.39 is 16.1 Å². The van der Waals surface area contributed by atoms with E-state index in [0.29, 0.717) is 29.5 Å². The van der Waals surface area contributed by atoms with Crippen LogP contribution in [0.15, 0.2) is 71.6 Å². The summed E-state index contributed by atoms with van der Waals surface area (Å²) in [5.41, 5.74) is 2.96. The zero-order valence-corrected chi connectivity index (χ0v) is 19.9. The average Bonchev–Trinajstić information content (AvgIpc) is 2.77. The van der Waals surface area contributed by atoms with Gasteiger partial charge in [-0.3, -0.25) is 9.52 Å². The van der Waals surface area contributed by atoms with Crippen molar-refractivity contribution in [2.45, 2.75) is 38.7 Å². The molecule has 2 N–H and O–H groups in total. The monoisotopic (exact) mass is 468 g/mol. The molecular weight excluding hydrogens is 440 g/mol.